The summed E-state index contributed by atoms with van der Waals surface area (Å²) in [5.74, 6) is 0.144. The molecule has 2 aromatic rings. The Kier molecular flexibility index (Phi) is 10.5. The molecule has 0 radical (unpaired) electrons. The maximum absolute atomic E-state index is 12.6. The molecule has 0 spiro atoms. The molecule has 0 heterocycles. The summed E-state index contributed by atoms with van der Waals surface area (Å²) < 4.78 is 6.39. The maximum atomic E-state index is 12.6. The van der Waals surface area contributed by atoms with Crippen LogP contribution < -0.4 is 20.7 Å². The highest BCUT2D eigenvalue weighted by Crippen LogP contribution is 2.26. The van der Waals surface area contributed by atoms with E-state index in [9.17, 15) is 9.59 Å². The SMILES string of the molecule is CCCCNC(=O)c1ccccc1NC(=S)NC(=O)c1ccc(OCCCC)c(Br)c1. The van der Waals surface area contributed by atoms with Crippen molar-refractivity contribution in [3.05, 3.63) is 58.1 Å². The first-order chi connectivity index (χ1) is 15.0. The molecule has 166 valence electrons. The smallest absolute Gasteiger partial charge is 0.257 e. The molecular weight excluding hydrogens is 478 g/mol. The third kappa shape index (κ3) is 7.95. The Labute approximate surface area is 197 Å². The van der Waals surface area contributed by atoms with Crippen molar-refractivity contribution in [3.63, 3.8) is 0 Å². The number of halogens is 1. The molecule has 31 heavy (non-hydrogen) atoms. The molecule has 2 aromatic carbocycles. The van der Waals surface area contributed by atoms with Crippen molar-refractivity contribution in [2.45, 2.75) is 39.5 Å². The summed E-state index contributed by atoms with van der Waals surface area (Å²) in [4.78, 5) is 25.0. The highest BCUT2D eigenvalue weighted by molar-refractivity contribution is 9.10. The van der Waals surface area contributed by atoms with Crippen molar-refractivity contribution < 1.29 is 14.3 Å². The fourth-order valence-electron chi connectivity index (χ4n) is 2.68. The average molecular weight is 506 g/mol. The normalized spacial score (nSPS) is 10.3. The first-order valence-corrected chi connectivity index (χ1v) is 11.6. The highest BCUT2D eigenvalue weighted by atomic mass is 79.9. The van der Waals surface area contributed by atoms with Crippen LogP contribution in [-0.4, -0.2) is 30.1 Å². The van der Waals surface area contributed by atoms with Gasteiger partial charge in [-0.05, 0) is 71.3 Å². The number of unbranched alkanes of at least 4 members (excludes halogenated alkanes) is 2. The molecule has 0 unspecified atom stereocenters. The summed E-state index contributed by atoms with van der Waals surface area (Å²) >= 11 is 8.72. The van der Waals surface area contributed by atoms with Crippen LogP contribution >= 0.6 is 28.1 Å². The van der Waals surface area contributed by atoms with Gasteiger partial charge in [0, 0.05) is 12.1 Å². The zero-order valence-corrected chi connectivity index (χ0v) is 20.2. The number of hydrogen-bond acceptors (Lipinski definition) is 4. The Morgan fingerprint density at radius 2 is 1.77 bits per heavy atom. The summed E-state index contributed by atoms with van der Waals surface area (Å²) in [6, 6.07) is 12.1. The van der Waals surface area contributed by atoms with Gasteiger partial charge in [0.2, 0.25) is 0 Å². The van der Waals surface area contributed by atoms with Gasteiger partial charge < -0.3 is 15.4 Å². The minimum atomic E-state index is -0.358. The number of nitrogens with one attached hydrogen (secondary N) is 3. The van der Waals surface area contributed by atoms with Gasteiger partial charge in [-0.1, -0.05) is 38.8 Å². The third-order valence-corrected chi connectivity index (χ3v) is 5.24. The molecule has 0 bridgehead atoms. The number of carbonyl (C=O) groups is 2. The van der Waals surface area contributed by atoms with Crippen LogP contribution in [0.15, 0.2) is 46.9 Å². The van der Waals surface area contributed by atoms with Crippen molar-refractivity contribution >= 4 is 50.8 Å². The minimum Gasteiger partial charge on any atom is -0.492 e. The van der Waals surface area contributed by atoms with E-state index in [2.05, 4.69) is 45.7 Å². The second-order valence-corrected chi connectivity index (χ2v) is 8.17. The average Bonchev–Trinajstić information content (AvgIpc) is 2.75. The molecule has 0 aromatic heterocycles. The number of para-hydroxylation sites is 1. The number of rotatable bonds is 10. The summed E-state index contributed by atoms with van der Waals surface area (Å²) in [5.41, 5.74) is 1.43. The third-order valence-electron chi connectivity index (χ3n) is 4.41. The lowest BCUT2D eigenvalue weighted by atomic mass is 10.1. The van der Waals surface area contributed by atoms with Gasteiger partial charge in [0.1, 0.15) is 5.75 Å². The lowest BCUT2D eigenvalue weighted by Crippen LogP contribution is -2.35. The summed E-state index contributed by atoms with van der Waals surface area (Å²) in [6.45, 7) is 5.40. The van der Waals surface area contributed by atoms with E-state index in [4.69, 9.17) is 17.0 Å². The summed E-state index contributed by atoms with van der Waals surface area (Å²) in [7, 11) is 0. The van der Waals surface area contributed by atoms with Crippen molar-refractivity contribution in [1.29, 1.82) is 0 Å². The Morgan fingerprint density at radius 3 is 2.48 bits per heavy atom. The van der Waals surface area contributed by atoms with Gasteiger partial charge in [-0.15, -0.1) is 0 Å². The number of amides is 2. The van der Waals surface area contributed by atoms with E-state index in [1.165, 1.54) is 0 Å². The van der Waals surface area contributed by atoms with Crippen LogP contribution in [0.2, 0.25) is 0 Å². The Morgan fingerprint density at radius 1 is 1.03 bits per heavy atom. The summed E-state index contributed by atoms with van der Waals surface area (Å²) in [6.07, 6.45) is 3.92. The molecule has 0 saturated heterocycles. The second-order valence-electron chi connectivity index (χ2n) is 6.91. The Balaban J connectivity index is 1.99. The van der Waals surface area contributed by atoms with E-state index in [1.54, 1.807) is 42.5 Å². The van der Waals surface area contributed by atoms with Crippen molar-refractivity contribution in [2.24, 2.45) is 0 Å². The Bertz CT molecular complexity index is 921. The molecule has 0 aliphatic rings. The number of ether oxygens (including phenoxy) is 1. The van der Waals surface area contributed by atoms with E-state index >= 15 is 0 Å². The van der Waals surface area contributed by atoms with Crippen LogP contribution in [0, 0.1) is 0 Å². The molecular formula is C23H28BrN3O3S. The first-order valence-electron chi connectivity index (χ1n) is 10.4. The second kappa shape index (κ2) is 13.1. The predicted octanol–water partition coefficient (Wildman–Crippen LogP) is 5.28. The van der Waals surface area contributed by atoms with Gasteiger partial charge >= 0.3 is 0 Å². The van der Waals surface area contributed by atoms with Gasteiger partial charge in [0.05, 0.1) is 22.3 Å². The van der Waals surface area contributed by atoms with Gasteiger partial charge in [0.25, 0.3) is 11.8 Å². The number of benzene rings is 2. The van der Waals surface area contributed by atoms with Crippen LogP contribution in [0.4, 0.5) is 5.69 Å². The zero-order valence-electron chi connectivity index (χ0n) is 17.8. The highest BCUT2D eigenvalue weighted by Gasteiger charge is 2.14. The monoisotopic (exact) mass is 505 g/mol. The molecule has 0 atom stereocenters. The topological polar surface area (TPSA) is 79.5 Å². The van der Waals surface area contributed by atoms with E-state index in [1.807, 2.05) is 0 Å². The minimum absolute atomic E-state index is 0.109. The van der Waals surface area contributed by atoms with Crippen LogP contribution in [-0.2, 0) is 0 Å². The number of carbonyl (C=O) groups excluding carboxylic acids is 2. The van der Waals surface area contributed by atoms with E-state index in [0.29, 0.717) is 40.2 Å². The molecule has 3 N–H and O–H groups in total. The van der Waals surface area contributed by atoms with Crippen LogP contribution in [0.1, 0.15) is 60.2 Å². The van der Waals surface area contributed by atoms with Crippen molar-refractivity contribution in [2.75, 3.05) is 18.5 Å². The standard InChI is InChI=1S/C23H28BrN3O3S/c1-3-5-13-25-22(29)17-9-7-8-10-19(17)26-23(31)27-21(28)16-11-12-20(18(24)15-16)30-14-6-4-2/h7-12,15H,3-6,13-14H2,1-2H3,(H,25,29)(H2,26,27,28,31). The van der Waals surface area contributed by atoms with Gasteiger partial charge in [-0.2, -0.15) is 0 Å². The van der Waals surface area contributed by atoms with Crippen molar-refractivity contribution in [3.8, 4) is 5.75 Å². The molecule has 2 rings (SSSR count). The maximum Gasteiger partial charge on any atom is 0.257 e. The quantitative estimate of drug-likeness (QED) is 0.302. The molecule has 0 fully saturated rings. The molecule has 8 heteroatoms. The van der Waals surface area contributed by atoms with Gasteiger partial charge in [0.15, 0.2) is 5.11 Å². The number of anilines is 1. The van der Waals surface area contributed by atoms with Crippen LogP contribution in [0.5, 0.6) is 5.75 Å². The van der Waals surface area contributed by atoms with E-state index in [-0.39, 0.29) is 16.9 Å². The lowest BCUT2D eigenvalue weighted by molar-refractivity contribution is 0.0952. The Hall–Kier alpha value is -2.45. The number of hydrogen-bond donors (Lipinski definition) is 3. The largest absolute Gasteiger partial charge is 0.492 e. The van der Waals surface area contributed by atoms with Crippen molar-refractivity contribution in [1.82, 2.24) is 10.6 Å². The van der Waals surface area contributed by atoms with E-state index in [0.717, 1.165) is 25.7 Å². The first kappa shape index (κ1) is 24.8. The fourth-order valence-corrected chi connectivity index (χ4v) is 3.37. The predicted molar refractivity (Wildman–Crippen MR) is 132 cm³/mol. The molecule has 0 aliphatic carbocycles. The number of thiocarbonyl (C=S) groups is 1. The van der Waals surface area contributed by atoms with Gasteiger partial charge in [-0.25, -0.2) is 0 Å². The van der Waals surface area contributed by atoms with Gasteiger partial charge in [-0.3, -0.25) is 14.9 Å². The lowest BCUT2D eigenvalue weighted by Gasteiger charge is -2.14. The molecule has 6 nitrogen and oxygen atoms in total. The van der Waals surface area contributed by atoms with E-state index < -0.39 is 0 Å². The zero-order chi connectivity index (χ0) is 22.6. The molecule has 0 saturated carbocycles. The van der Waals surface area contributed by atoms with Crippen LogP contribution in [0.3, 0.4) is 0 Å². The fraction of sp³-hybridized carbons (Fsp3) is 0.348. The molecule has 2 amide bonds. The molecule has 0 aliphatic heterocycles. The van der Waals surface area contributed by atoms with Crippen LogP contribution in [0.25, 0.3) is 0 Å². The summed E-state index contributed by atoms with van der Waals surface area (Å²) in [5, 5.41) is 8.59.